The Morgan fingerprint density at radius 1 is 1.27 bits per heavy atom. The summed E-state index contributed by atoms with van der Waals surface area (Å²) in [5.41, 5.74) is 1.66. The normalized spacial score (nSPS) is 10.4. The lowest BCUT2D eigenvalue weighted by Gasteiger charge is -2.07. The van der Waals surface area contributed by atoms with Crippen LogP contribution in [0.3, 0.4) is 0 Å². The molecule has 0 fully saturated rings. The number of amides is 1. The molecular weight excluding hydrogens is 305 g/mol. The predicted molar refractivity (Wildman–Crippen MR) is 84.7 cm³/mol. The molecule has 2 rings (SSSR count). The molecular formula is C16H16FNO3S. The molecule has 0 aliphatic rings. The number of hydrogen-bond donors (Lipinski definition) is 1. The summed E-state index contributed by atoms with van der Waals surface area (Å²) in [5, 5.41) is 3.18. The Hall–Kier alpha value is -2.21. The van der Waals surface area contributed by atoms with Crippen molar-refractivity contribution < 1.29 is 18.7 Å². The van der Waals surface area contributed by atoms with Gasteiger partial charge >= 0.3 is 5.97 Å². The molecule has 0 saturated carbocycles. The van der Waals surface area contributed by atoms with Gasteiger partial charge in [-0.25, -0.2) is 9.18 Å². The van der Waals surface area contributed by atoms with Crippen LogP contribution in [0.4, 0.5) is 9.39 Å². The second-order valence-corrected chi connectivity index (χ2v) is 5.86. The third-order valence-electron chi connectivity index (χ3n) is 3.18. The van der Waals surface area contributed by atoms with E-state index in [4.69, 9.17) is 4.74 Å². The van der Waals surface area contributed by atoms with Crippen LogP contribution in [-0.4, -0.2) is 19.0 Å². The first-order valence-electron chi connectivity index (χ1n) is 6.75. The monoisotopic (exact) mass is 321 g/mol. The van der Waals surface area contributed by atoms with E-state index < -0.39 is 5.97 Å². The zero-order chi connectivity index (χ0) is 16.3. The van der Waals surface area contributed by atoms with Gasteiger partial charge in [-0.05, 0) is 24.6 Å². The Balaban J connectivity index is 2.59. The second-order valence-electron chi connectivity index (χ2n) is 4.64. The highest BCUT2D eigenvalue weighted by Crippen LogP contribution is 2.40. The van der Waals surface area contributed by atoms with E-state index in [-0.39, 0.29) is 11.7 Å². The van der Waals surface area contributed by atoms with E-state index in [1.165, 1.54) is 30.6 Å². The first-order chi connectivity index (χ1) is 10.5. The molecule has 22 heavy (non-hydrogen) atoms. The Labute approximate surface area is 131 Å². The third-order valence-corrected chi connectivity index (χ3v) is 4.20. The number of aryl methyl sites for hydroxylation is 1. The van der Waals surface area contributed by atoms with Gasteiger partial charge in [0.25, 0.3) is 0 Å². The summed E-state index contributed by atoms with van der Waals surface area (Å²) in [5.74, 6) is -1.07. The van der Waals surface area contributed by atoms with Crippen LogP contribution in [0.15, 0.2) is 24.3 Å². The summed E-state index contributed by atoms with van der Waals surface area (Å²) in [4.78, 5) is 24.6. The Morgan fingerprint density at radius 3 is 2.45 bits per heavy atom. The largest absolute Gasteiger partial charge is 0.465 e. The van der Waals surface area contributed by atoms with Gasteiger partial charge in [-0.15, -0.1) is 11.3 Å². The van der Waals surface area contributed by atoms with Gasteiger partial charge in [-0.2, -0.15) is 0 Å². The molecule has 1 N–H and O–H groups in total. The lowest BCUT2D eigenvalue weighted by Crippen LogP contribution is -2.12. The molecule has 1 amide bonds. The molecule has 1 aromatic heterocycles. The van der Waals surface area contributed by atoms with Crippen molar-refractivity contribution >= 4 is 28.2 Å². The van der Waals surface area contributed by atoms with Crippen LogP contribution >= 0.6 is 11.3 Å². The smallest absolute Gasteiger partial charge is 0.341 e. The molecule has 2 aromatic rings. The van der Waals surface area contributed by atoms with Crippen LogP contribution in [0, 0.1) is 12.7 Å². The molecule has 0 radical (unpaired) electrons. The number of halogens is 1. The first kappa shape index (κ1) is 16.2. The number of thiophene rings is 1. The highest BCUT2D eigenvalue weighted by atomic mass is 32.1. The number of methoxy groups -OCH3 is 1. The first-order valence-corrected chi connectivity index (χ1v) is 7.57. The van der Waals surface area contributed by atoms with Gasteiger partial charge in [0.2, 0.25) is 5.91 Å². The zero-order valence-electron chi connectivity index (χ0n) is 12.5. The molecule has 0 saturated heterocycles. The van der Waals surface area contributed by atoms with Crippen molar-refractivity contribution in [2.24, 2.45) is 0 Å². The van der Waals surface area contributed by atoms with Crippen molar-refractivity contribution in [1.82, 2.24) is 0 Å². The maximum Gasteiger partial charge on any atom is 0.341 e. The fourth-order valence-electron chi connectivity index (χ4n) is 2.11. The van der Waals surface area contributed by atoms with Gasteiger partial charge in [0.15, 0.2) is 0 Å². The second kappa shape index (κ2) is 6.70. The zero-order valence-corrected chi connectivity index (χ0v) is 13.3. The van der Waals surface area contributed by atoms with E-state index in [0.717, 1.165) is 4.88 Å². The molecule has 6 heteroatoms. The van der Waals surface area contributed by atoms with Crippen LogP contribution in [0.25, 0.3) is 11.1 Å². The van der Waals surface area contributed by atoms with Crippen LogP contribution in [0.2, 0.25) is 0 Å². The highest BCUT2D eigenvalue weighted by Gasteiger charge is 2.24. The van der Waals surface area contributed by atoms with Gasteiger partial charge in [-0.3, -0.25) is 4.79 Å². The van der Waals surface area contributed by atoms with E-state index in [2.05, 4.69) is 5.32 Å². The molecule has 4 nitrogen and oxygen atoms in total. The number of carbonyl (C=O) groups is 2. The van der Waals surface area contributed by atoms with E-state index >= 15 is 0 Å². The minimum atomic E-state index is -0.532. The van der Waals surface area contributed by atoms with E-state index in [1.807, 2.05) is 6.92 Å². The summed E-state index contributed by atoms with van der Waals surface area (Å²) in [7, 11) is 1.29. The van der Waals surface area contributed by atoms with Crippen LogP contribution in [-0.2, 0) is 9.53 Å². The SMILES string of the molecule is CCC(=O)Nc1sc(C)c(-c2ccc(F)cc2)c1C(=O)OC. The minimum absolute atomic E-state index is 0.183. The molecule has 0 aliphatic heterocycles. The maximum absolute atomic E-state index is 13.1. The molecule has 116 valence electrons. The Bertz CT molecular complexity index is 707. The maximum atomic E-state index is 13.1. The van der Waals surface area contributed by atoms with Gasteiger partial charge in [0, 0.05) is 16.9 Å². The Morgan fingerprint density at radius 2 is 1.91 bits per heavy atom. The molecule has 0 aliphatic carbocycles. The number of hydrogen-bond acceptors (Lipinski definition) is 4. The summed E-state index contributed by atoms with van der Waals surface area (Å²) in [6, 6.07) is 5.86. The molecule has 0 unspecified atom stereocenters. The van der Waals surface area contributed by atoms with Gasteiger partial charge in [-0.1, -0.05) is 19.1 Å². The summed E-state index contributed by atoms with van der Waals surface area (Å²) in [6.45, 7) is 3.58. The highest BCUT2D eigenvalue weighted by molar-refractivity contribution is 7.17. The lowest BCUT2D eigenvalue weighted by atomic mass is 10.0. The van der Waals surface area contributed by atoms with Gasteiger partial charge in [0.05, 0.1) is 7.11 Å². The van der Waals surface area contributed by atoms with Crippen molar-refractivity contribution in [3.63, 3.8) is 0 Å². The molecule has 1 heterocycles. The third kappa shape index (κ3) is 3.17. The van der Waals surface area contributed by atoms with Crippen molar-refractivity contribution in [3.05, 3.63) is 40.5 Å². The average molecular weight is 321 g/mol. The number of esters is 1. The average Bonchev–Trinajstić information content (AvgIpc) is 2.83. The van der Waals surface area contributed by atoms with Crippen molar-refractivity contribution in [2.45, 2.75) is 20.3 Å². The number of nitrogens with one attached hydrogen (secondary N) is 1. The van der Waals surface area contributed by atoms with E-state index in [9.17, 15) is 14.0 Å². The van der Waals surface area contributed by atoms with Crippen molar-refractivity contribution in [2.75, 3.05) is 12.4 Å². The van der Waals surface area contributed by atoms with E-state index in [1.54, 1.807) is 19.1 Å². The standard InChI is InChI=1S/C16H16FNO3S/c1-4-12(19)18-15-14(16(20)21-3)13(9(2)22-15)10-5-7-11(17)8-6-10/h5-8H,4H2,1-3H3,(H,18,19). The molecule has 0 bridgehead atoms. The molecule has 1 aromatic carbocycles. The fourth-order valence-corrected chi connectivity index (χ4v) is 3.19. The van der Waals surface area contributed by atoms with Crippen LogP contribution in [0.5, 0.6) is 0 Å². The number of carbonyl (C=O) groups excluding carboxylic acids is 2. The van der Waals surface area contributed by atoms with Crippen molar-refractivity contribution in [1.29, 1.82) is 0 Å². The predicted octanol–water partition coefficient (Wildman–Crippen LogP) is 4.00. The summed E-state index contributed by atoms with van der Waals surface area (Å²) < 4.78 is 17.9. The fraction of sp³-hybridized carbons (Fsp3) is 0.250. The van der Waals surface area contributed by atoms with Crippen LogP contribution in [0.1, 0.15) is 28.6 Å². The Kier molecular flexibility index (Phi) is 4.92. The summed E-state index contributed by atoms with van der Waals surface area (Å²) >= 11 is 1.30. The molecule has 0 spiro atoms. The number of benzene rings is 1. The number of rotatable bonds is 4. The van der Waals surface area contributed by atoms with Crippen molar-refractivity contribution in [3.8, 4) is 11.1 Å². The van der Waals surface area contributed by atoms with Gasteiger partial charge in [0.1, 0.15) is 16.4 Å². The quantitative estimate of drug-likeness (QED) is 0.866. The lowest BCUT2D eigenvalue weighted by molar-refractivity contribution is -0.115. The minimum Gasteiger partial charge on any atom is -0.465 e. The number of ether oxygens (including phenoxy) is 1. The number of anilines is 1. The summed E-state index contributed by atoms with van der Waals surface area (Å²) in [6.07, 6.45) is 0.309. The van der Waals surface area contributed by atoms with E-state index in [0.29, 0.717) is 28.1 Å². The van der Waals surface area contributed by atoms with Crippen LogP contribution < -0.4 is 5.32 Å². The molecule has 0 atom stereocenters. The van der Waals surface area contributed by atoms with Gasteiger partial charge < -0.3 is 10.1 Å². The topological polar surface area (TPSA) is 55.4 Å².